The van der Waals surface area contributed by atoms with Crippen LogP contribution in [0.3, 0.4) is 0 Å². The van der Waals surface area contributed by atoms with Gasteiger partial charge in [-0.2, -0.15) is 0 Å². The minimum atomic E-state index is -3.77. The Bertz CT molecular complexity index is 746. The molecule has 2 rings (SSSR count). The molecule has 0 heterocycles. The molecule has 2 aromatic carbocycles. The van der Waals surface area contributed by atoms with E-state index in [0.29, 0.717) is 17.0 Å². The number of methoxy groups -OCH3 is 1. The van der Waals surface area contributed by atoms with Gasteiger partial charge >= 0.3 is 0 Å². The van der Waals surface area contributed by atoms with E-state index in [0.717, 1.165) is 4.47 Å². The number of aliphatic hydroxyl groups excluding tert-OH is 1. The largest absolute Gasteiger partial charge is 0.495 e. The molecule has 2 N–H and O–H groups in total. The molecule has 0 spiro atoms. The molecule has 0 radical (unpaired) electrons. The maximum atomic E-state index is 12.4. The SMILES string of the molecule is COc1cc(NS(=O)(=O)c2ccccc2CO)ccc1Br. The van der Waals surface area contributed by atoms with Crippen LogP contribution in [0.2, 0.25) is 0 Å². The highest BCUT2D eigenvalue weighted by Crippen LogP contribution is 2.29. The first-order valence-electron chi connectivity index (χ1n) is 6.03. The lowest BCUT2D eigenvalue weighted by Crippen LogP contribution is -2.15. The molecule has 0 saturated carbocycles. The molecule has 0 aliphatic carbocycles. The Morgan fingerprint density at radius 3 is 2.62 bits per heavy atom. The maximum absolute atomic E-state index is 12.4. The fourth-order valence-electron chi connectivity index (χ4n) is 1.83. The summed E-state index contributed by atoms with van der Waals surface area (Å²) < 4.78 is 33.1. The van der Waals surface area contributed by atoms with Crippen LogP contribution in [0.1, 0.15) is 5.56 Å². The second kappa shape index (κ2) is 6.46. The summed E-state index contributed by atoms with van der Waals surface area (Å²) in [5.74, 6) is 0.519. The van der Waals surface area contributed by atoms with Crippen molar-refractivity contribution >= 4 is 31.6 Å². The average Bonchev–Trinajstić information content (AvgIpc) is 2.49. The lowest BCUT2D eigenvalue weighted by molar-refractivity contribution is 0.278. The van der Waals surface area contributed by atoms with Crippen LogP contribution in [0, 0.1) is 0 Å². The third kappa shape index (κ3) is 3.55. The van der Waals surface area contributed by atoms with Gasteiger partial charge in [0.15, 0.2) is 0 Å². The Balaban J connectivity index is 2.37. The van der Waals surface area contributed by atoms with E-state index in [9.17, 15) is 13.5 Å². The van der Waals surface area contributed by atoms with Crippen molar-refractivity contribution in [2.24, 2.45) is 0 Å². The van der Waals surface area contributed by atoms with E-state index in [1.165, 1.54) is 13.2 Å². The van der Waals surface area contributed by atoms with Crippen molar-refractivity contribution in [1.82, 2.24) is 0 Å². The smallest absolute Gasteiger partial charge is 0.262 e. The van der Waals surface area contributed by atoms with Gasteiger partial charge in [-0.25, -0.2) is 8.42 Å². The monoisotopic (exact) mass is 371 g/mol. The highest BCUT2D eigenvalue weighted by molar-refractivity contribution is 9.10. The van der Waals surface area contributed by atoms with Crippen molar-refractivity contribution in [1.29, 1.82) is 0 Å². The zero-order chi connectivity index (χ0) is 15.5. The second-order valence-electron chi connectivity index (χ2n) is 4.22. The van der Waals surface area contributed by atoms with Gasteiger partial charge in [0.05, 0.1) is 28.8 Å². The van der Waals surface area contributed by atoms with Crippen LogP contribution < -0.4 is 9.46 Å². The number of sulfonamides is 1. The van der Waals surface area contributed by atoms with Crippen molar-refractivity contribution in [3.8, 4) is 5.75 Å². The van der Waals surface area contributed by atoms with Crippen molar-refractivity contribution in [2.45, 2.75) is 11.5 Å². The van der Waals surface area contributed by atoms with Crippen molar-refractivity contribution < 1.29 is 18.3 Å². The summed E-state index contributed by atoms with van der Waals surface area (Å²) in [6, 6.07) is 11.2. The lowest BCUT2D eigenvalue weighted by atomic mass is 10.2. The molecule has 0 bridgehead atoms. The van der Waals surface area contributed by atoms with E-state index in [4.69, 9.17) is 4.74 Å². The zero-order valence-corrected chi connectivity index (χ0v) is 13.6. The molecule has 0 aromatic heterocycles. The van der Waals surface area contributed by atoms with Gasteiger partial charge < -0.3 is 9.84 Å². The lowest BCUT2D eigenvalue weighted by Gasteiger charge is -2.12. The number of anilines is 1. The topological polar surface area (TPSA) is 75.6 Å². The minimum Gasteiger partial charge on any atom is -0.495 e. The standard InChI is InChI=1S/C14H14BrNO4S/c1-20-13-8-11(6-7-12(13)15)16-21(18,19)14-5-3-2-4-10(14)9-17/h2-8,16-17H,9H2,1H3. The summed E-state index contributed by atoms with van der Waals surface area (Å²) in [5.41, 5.74) is 0.719. The Kier molecular flexibility index (Phi) is 4.87. The van der Waals surface area contributed by atoms with Gasteiger partial charge in [-0.3, -0.25) is 4.72 Å². The van der Waals surface area contributed by atoms with Crippen LogP contribution in [-0.4, -0.2) is 20.6 Å². The summed E-state index contributed by atoms with van der Waals surface area (Å²) in [6.07, 6.45) is 0. The quantitative estimate of drug-likeness (QED) is 0.846. The third-order valence-corrected chi connectivity index (χ3v) is 4.97. The van der Waals surface area contributed by atoms with Crippen LogP contribution in [-0.2, 0) is 16.6 Å². The van der Waals surface area contributed by atoms with E-state index in [1.54, 1.807) is 36.4 Å². The number of benzene rings is 2. The van der Waals surface area contributed by atoms with Gasteiger partial charge in [-0.05, 0) is 39.7 Å². The Hall–Kier alpha value is -1.57. The van der Waals surface area contributed by atoms with Crippen LogP contribution in [0.25, 0.3) is 0 Å². The van der Waals surface area contributed by atoms with Crippen LogP contribution in [0.5, 0.6) is 5.75 Å². The highest BCUT2D eigenvalue weighted by Gasteiger charge is 2.18. The highest BCUT2D eigenvalue weighted by atomic mass is 79.9. The van der Waals surface area contributed by atoms with Crippen molar-refractivity contribution in [3.63, 3.8) is 0 Å². The summed E-state index contributed by atoms with van der Waals surface area (Å²) in [7, 11) is -2.28. The maximum Gasteiger partial charge on any atom is 0.262 e. The molecule has 5 nitrogen and oxygen atoms in total. The van der Waals surface area contributed by atoms with Gasteiger partial charge in [0.1, 0.15) is 5.75 Å². The molecule has 112 valence electrons. The van der Waals surface area contributed by atoms with E-state index < -0.39 is 10.0 Å². The molecule has 0 aliphatic rings. The van der Waals surface area contributed by atoms with E-state index in [2.05, 4.69) is 20.7 Å². The fraction of sp³-hybridized carbons (Fsp3) is 0.143. The van der Waals surface area contributed by atoms with Gasteiger partial charge in [0.2, 0.25) is 0 Å². The Morgan fingerprint density at radius 2 is 1.95 bits per heavy atom. The Morgan fingerprint density at radius 1 is 1.24 bits per heavy atom. The number of nitrogens with one attached hydrogen (secondary N) is 1. The predicted octanol–water partition coefficient (Wildman–Crippen LogP) is 2.75. The van der Waals surface area contributed by atoms with Crippen LogP contribution in [0.15, 0.2) is 51.8 Å². The van der Waals surface area contributed by atoms with E-state index in [-0.39, 0.29) is 11.5 Å². The number of ether oxygens (including phenoxy) is 1. The summed E-state index contributed by atoms with van der Waals surface area (Å²) in [6.45, 7) is -0.346. The first-order valence-corrected chi connectivity index (χ1v) is 8.30. The molecule has 0 unspecified atom stereocenters. The molecule has 0 atom stereocenters. The zero-order valence-electron chi connectivity index (χ0n) is 11.2. The molecule has 0 saturated heterocycles. The Labute approximate surface area is 131 Å². The van der Waals surface area contributed by atoms with Crippen molar-refractivity contribution in [2.75, 3.05) is 11.8 Å². The van der Waals surface area contributed by atoms with Gasteiger partial charge in [-0.1, -0.05) is 18.2 Å². The summed E-state index contributed by atoms with van der Waals surface area (Å²) >= 11 is 3.30. The molecular weight excluding hydrogens is 358 g/mol. The molecule has 21 heavy (non-hydrogen) atoms. The predicted molar refractivity (Wildman–Crippen MR) is 83.9 cm³/mol. The number of rotatable bonds is 5. The molecule has 0 fully saturated rings. The summed E-state index contributed by atoms with van der Waals surface area (Å²) in [5, 5.41) is 9.25. The molecule has 0 aliphatic heterocycles. The van der Waals surface area contributed by atoms with Gasteiger partial charge in [0.25, 0.3) is 10.0 Å². The number of aliphatic hydroxyl groups is 1. The third-order valence-electron chi connectivity index (χ3n) is 2.84. The summed E-state index contributed by atoms with van der Waals surface area (Å²) in [4.78, 5) is 0.0504. The number of hydrogen-bond acceptors (Lipinski definition) is 4. The van der Waals surface area contributed by atoms with Crippen molar-refractivity contribution in [3.05, 3.63) is 52.5 Å². The van der Waals surface area contributed by atoms with Crippen LogP contribution in [0.4, 0.5) is 5.69 Å². The average molecular weight is 372 g/mol. The first-order chi connectivity index (χ1) is 9.97. The van der Waals surface area contributed by atoms with Gasteiger partial charge in [-0.15, -0.1) is 0 Å². The minimum absolute atomic E-state index is 0.0504. The molecule has 2 aromatic rings. The van der Waals surface area contributed by atoms with E-state index >= 15 is 0 Å². The normalized spacial score (nSPS) is 11.2. The molecular formula is C14H14BrNO4S. The molecule has 7 heteroatoms. The number of hydrogen-bond donors (Lipinski definition) is 2. The molecule has 0 amide bonds. The van der Waals surface area contributed by atoms with Crippen LogP contribution >= 0.6 is 15.9 Å². The fourth-order valence-corrected chi connectivity index (χ4v) is 3.52. The first kappa shape index (κ1) is 15.8. The second-order valence-corrected chi connectivity index (χ2v) is 6.73. The number of halogens is 1. The van der Waals surface area contributed by atoms with E-state index in [1.807, 2.05) is 0 Å². The van der Waals surface area contributed by atoms with Gasteiger partial charge in [0, 0.05) is 6.07 Å².